The lowest BCUT2D eigenvalue weighted by Gasteiger charge is -2.22. The molecule has 0 radical (unpaired) electrons. The SMILES string of the molecule is O=C(O)CC1C(O)CC(O)C1COCc1ccccc1. The average Bonchev–Trinajstić information content (AvgIpc) is 2.66. The number of carboxylic acids is 1. The third-order valence-corrected chi connectivity index (χ3v) is 3.85. The van der Waals surface area contributed by atoms with Crippen LogP contribution in [-0.2, 0) is 16.1 Å². The molecule has 0 aromatic heterocycles. The first-order valence-corrected chi connectivity index (χ1v) is 6.77. The van der Waals surface area contributed by atoms with Gasteiger partial charge in [0.05, 0.1) is 31.8 Å². The summed E-state index contributed by atoms with van der Waals surface area (Å²) in [6, 6.07) is 9.63. The first-order valence-electron chi connectivity index (χ1n) is 6.77. The van der Waals surface area contributed by atoms with Crippen molar-refractivity contribution < 1.29 is 24.9 Å². The minimum absolute atomic E-state index is 0.141. The number of aliphatic hydroxyl groups excluding tert-OH is 2. The Kier molecular flexibility index (Phi) is 5.11. The van der Waals surface area contributed by atoms with E-state index in [0.717, 1.165) is 5.56 Å². The second kappa shape index (κ2) is 6.83. The van der Waals surface area contributed by atoms with Crippen LogP contribution in [0.1, 0.15) is 18.4 Å². The van der Waals surface area contributed by atoms with E-state index in [9.17, 15) is 15.0 Å². The van der Waals surface area contributed by atoms with Gasteiger partial charge in [-0.3, -0.25) is 4.79 Å². The van der Waals surface area contributed by atoms with E-state index >= 15 is 0 Å². The molecule has 5 heteroatoms. The minimum atomic E-state index is -0.962. The number of hydrogen-bond acceptors (Lipinski definition) is 4. The molecule has 4 unspecified atom stereocenters. The van der Waals surface area contributed by atoms with Crippen LogP contribution in [0.2, 0.25) is 0 Å². The van der Waals surface area contributed by atoms with Crippen molar-refractivity contribution in [1.82, 2.24) is 0 Å². The lowest BCUT2D eigenvalue weighted by atomic mass is 9.91. The first kappa shape index (κ1) is 15.0. The number of aliphatic carboxylic acids is 1. The van der Waals surface area contributed by atoms with E-state index in [-0.39, 0.29) is 25.4 Å². The first-order chi connectivity index (χ1) is 9.58. The summed E-state index contributed by atoms with van der Waals surface area (Å²) >= 11 is 0. The van der Waals surface area contributed by atoms with Gasteiger partial charge in [0, 0.05) is 11.8 Å². The van der Waals surface area contributed by atoms with E-state index in [0.29, 0.717) is 6.61 Å². The summed E-state index contributed by atoms with van der Waals surface area (Å²) in [5.41, 5.74) is 1.02. The highest BCUT2D eigenvalue weighted by Crippen LogP contribution is 2.35. The summed E-state index contributed by atoms with van der Waals surface area (Å²) in [6.45, 7) is 0.672. The van der Waals surface area contributed by atoms with Crippen molar-refractivity contribution in [2.45, 2.75) is 31.7 Å². The van der Waals surface area contributed by atoms with Gasteiger partial charge in [-0.1, -0.05) is 30.3 Å². The Balaban J connectivity index is 1.87. The number of ether oxygens (including phenoxy) is 1. The molecule has 0 heterocycles. The van der Waals surface area contributed by atoms with E-state index < -0.39 is 24.1 Å². The normalized spacial score (nSPS) is 29.5. The van der Waals surface area contributed by atoms with Crippen molar-refractivity contribution in [3.63, 3.8) is 0 Å². The Morgan fingerprint density at radius 1 is 1.15 bits per heavy atom. The quantitative estimate of drug-likeness (QED) is 0.724. The fraction of sp³-hybridized carbons (Fsp3) is 0.533. The fourth-order valence-electron chi connectivity index (χ4n) is 2.78. The van der Waals surface area contributed by atoms with E-state index in [1.807, 2.05) is 30.3 Å². The molecule has 5 nitrogen and oxygen atoms in total. The lowest BCUT2D eigenvalue weighted by molar-refractivity contribution is -0.139. The molecule has 110 valence electrons. The number of rotatable bonds is 6. The van der Waals surface area contributed by atoms with Crippen LogP contribution in [0.15, 0.2) is 30.3 Å². The van der Waals surface area contributed by atoms with Gasteiger partial charge >= 0.3 is 5.97 Å². The van der Waals surface area contributed by atoms with Crippen LogP contribution in [0.25, 0.3) is 0 Å². The van der Waals surface area contributed by atoms with Gasteiger partial charge in [-0.05, 0) is 12.0 Å². The van der Waals surface area contributed by atoms with Crippen LogP contribution in [-0.4, -0.2) is 40.1 Å². The number of aliphatic hydroxyl groups is 2. The predicted molar refractivity (Wildman–Crippen MR) is 72.0 cm³/mol. The molecule has 1 aliphatic carbocycles. The molecule has 1 aromatic carbocycles. The lowest BCUT2D eigenvalue weighted by Crippen LogP contribution is -2.28. The third-order valence-electron chi connectivity index (χ3n) is 3.85. The zero-order valence-electron chi connectivity index (χ0n) is 11.2. The second-order valence-corrected chi connectivity index (χ2v) is 5.30. The van der Waals surface area contributed by atoms with Crippen LogP contribution >= 0.6 is 0 Å². The Morgan fingerprint density at radius 3 is 2.45 bits per heavy atom. The van der Waals surface area contributed by atoms with Crippen LogP contribution in [0.5, 0.6) is 0 Å². The van der Waals surface area contributed by atoms with Crippen molar-refractivity contribution >= 4 is 5.97 Å². The smallest absolute Gasteiger partial charge is 0.303 e. The number of hydrogen-bond donors (Lipinski definition) is 3. The molecule has 1 aromatic rings. The molecule has 20 heavy (non-hydrogen) atoms. The van der Waals surface area contributed by atoms with Gasteiger partial charge < -0.3 is 20.1 Å². The van der Waals surface area contributed by atoms with E-state index in [1.54, 1.807) is 0 Å². The predicted octanol–water partition coefficient (Wildman–Crippen LogP) is 1.04. The monoisotopic (exact) mass is 280 g/mol. The molecule has 1 fully saturated rings. The van der Waals surface area contributed by atoms with Gasteiger partial charge in [-0.15, -0.1) is 0 Å². The summed E-state index contributed by atoms with van der Waals surface area (Å²) in [5.74, 6) is -1.74. The van der Waals surface area contributed by atoms with Crippen LogP contribution in [0.3, 0.4) is 0 Å². The molecule has 2 rings (SSSR count). The molecular weight excluding hydrogens is 260 g/mol. The van der Waals surface area contributed by atoms with Gasteiger partial charge in [0.15, 0.2) is 0 Å². The van der Waals surface area contributed by atoms with Crippen molar-refractivity contribution in [3.05, 3.63) is 35.9 Å². The largest absolute Gasteiger partial charge is 0.481 e. The maximum atomic E-state index is 10.8. The summed E-state index contributed by atoms with van der Waals surface area (Å²) in [7, 11) is 0. The summed E-state index contributed by atoms with van der Waals surface area (Å²) in [5, 5.41) is 28.6. The summed E-state index contributed by atoms with van der Waals surface area (Å²) in [4.78, 5) is 10.8. The highest BCUT2D eigenvalue weighted by Gasteiger charge is 2.42. The molecule has 0 bridgehead atoms. The zero-order chi connectivity index (χ0) is 14.5. The maximum Gasteiger partial charge on any atom is 0.303 e. The Bertz CT molecular complexity index is 433. The van der Waals surface area contributed by atoms with Gasteiger partial charge in [0.2, 0.25) is 0 Å². The van der Waals surface area contributed by atoms with Crippen molar-refractivity contribution in [2.24, 2.45) is 11.8 Å². The van der Waals surface area contributed by atoms with Gasteiger partial charge in [0.25, 0.3) is 0 Å². The summed E-state index contributed by atoms with van der Waals surface area (Å²) < 4.78 is 5.57. The average molecular weight is 280 g/mol. The van der Waals surface area contributed by atoms with Crippen molar-refractivity contribution in [1.29, 1.82) is 0 Å². The zero-order valence-corrected chi connectivity index (χ0v) is 11.2. The van der Waals surface area contributed by atoms with Crippen LogP contribution in [0.4, 0.5) is 0 Å². The third kappa shape index (κ3) is 3.79. The number of carboxylic acid groups (broad SMARTS) is 1. The number of carbonyl (C=O) groups is 1. The van der Waals surface area contributed by atoms with Gasteiger partial charge in [0.1, 0.15) is 0 Å². The van der Waals surface area contributed by atoms with Gasteiger partial charge in [-0.25, -0.2) is 0 Å². The maximum absolute atomic E-state index is 10.8. The minimum Gasteiger partial charge on any atom is -0.481 e. The van der Waals surface area contributed by atoms with Crippen LogP contribution in [0, 0.1) is 11.8 Å². The van der Waals surface area contributed by atoms with Crippen molar-refractivity contribution in [2.75, 3.05) is 6.61 Å². The Hall–Kier alpha value is -1.43. The Morgan fingerprint density at radius 2 is 1.80 bits per heavy atom. The second-order valence-electron chi connectivity index (χ2n) is 5.30. The van der Waals surface area contributed by atoms with Crippen molar-refractivity contribution in [3.8, 4) is 0 Å². The van der Waals surface area contributed by atoms with E-state index in [4.69, 9.17) is 9.84 Å². The topological polar surface area (TPSA) is 87.0 Å². The molecule has 4 atom stereocenters. The molecular formula is C15H20O5. The molecule has 0 saturated heterocycles. The molecule has 3 N–H and O–H groups in total. The highest BCUT2D eigenvalue weighted by molar-refractivity contribution is 5.67. The summed E-state index contributed by atoms with van der Waals surface area (Å²) in [6.07, 6.45) is -1.40. The molecule has 0 spiro atoms. The van der Waals surface area contributed by atoms with E-state index in [1.165, 1.54) is 0 Å². The fourth-order valence-corrected chi connectivity index (χ4v) is 2.78. The van der Waals surface area contributed by atoms with E-state index in [2.05, 4.69) is 0 Å². The number of benzene rings is 1. The van der Waals surface area contributed by atoms with Gasteiger partial charge in [-0.2, -0.15) is 0 Å². The molecule has 1 aliphatic rings. The standard InChI is InChI=1S/C15H20O5/c16-13-7-14(17)12(11(13)6-15(18)19)9-20-8-10-4-2-1-3-5-10/h1-5,11-14,16-17H,6-9H2,(H,18,19). The molecule has 0 aliphatic heterocycles. The van der Waals surface area contributed by atoms with Crippen LogP contribution < -0.4 is 0 Å². The highest BCUT2D eigenvalue weighted by atomic mass is 16.5. The Labute approximate surface area is 117 Å². The molecule has 1 saturated carbocycles. The molecule has 0 amide bonds.